The molecule has 28 heavy (non-hydrogen) atoms. The number of aliphatic imine (C=N–C) groups is 2. The van der Waals surface area contributed by atoms with Gasteiger partial charge in [-0.3, -0.25) is 9.59 Å². The minimum absolute atomic E-state index is 0.0650. The normalized spacial score (nSPS) is 16.0. The average molecular weight is 407 g/mol. The fourth-order valence-electron chi connectivity index (χ4n) is 2.42. The van der Waals surface area contributed by atoms with Crippen molar-refractivity contribution in [2.75, 3.05) is 31.9 Å². The number of carbonyl (C=O) groups excluding carboxylic acids is 3. The first-order valence-corrected chi connectivity index (χ1v) is 9.37. The van der Waals surface area contributed by atoms with Crippen LogP contribution in [0.5, 0.6) is 11.5 Å². The lowest BCUT2D eigenvalue weighted by Gasteiger charge is -2.19. The zero-order valence-electron chi connectivity index (χ0n) is 16.0. The number of anilines is 1. The Morgan fingerprint density at radius 3 is 2.61 bits per heavy atom. The topological polar surface area (TPSA) is 116 Å². The van der Waals surface area contributed by atoms with Gasteiger partial charge >= 0.3 is 12.0 Å². The summed E-state index contributed by atoms with van der Waals surface area (Å²) in [4.78, 5) is 43.6. The second-order valence-electron chi connectivity index (χ2n) is 5.57. The summed E-state index contributed by atoms with van der Waals surface area (Å²) in [5.41, 5.74) is 0.758. The van der Waals surface area contributed by atoms with Gasteiger partial charge in [0.2, 0.25) is 5.91 Å². The standard InChI is InChI=1S/C18H21N3O6S/c1-5-27-17(23)15-10(2)19-18(24)21-16(15)28-9-14(22)20-12-7-6-11(25-3)8-13(12)26-4/h6-8,15H,5,9H2,1-4H3,(H,20,22). The number of benzene rings is 1. The molecule has 1 aliphatic heterocycles. The molecule has 0 aromatic heterocycles. The van der Waals surface area contributed by atoms with E-state index >= 15 is 0 Å². The summed E-state index contributed by atoms with van der Waals surface area (Å²) >= 11 is 0.986. The molecule has 1 atom stereocenters. The summed E-state index contributed by atoms with van der Waals surface area (Å²) in [7, 11) is 3.01. The number of thioether (sulfide) groups is 1. The van der Waals surface area contributed by atoms with Gasteiger partial charge in [0.1, 0.15) is 17.4 Å². The molecule has 1 heterocycles. The second-order valence-corrected chi connectivity index (χ2v) is 6.57. The number of nitrogens with zero attached hydrogens (tertiary/aromatic N) is 2. The van der Waals surface area contributed by atoms with Crippen molar-refractivity contribution in [3.05, 3.63) is 18.2 Å². The monoisotopic (exact) mass is 407 g/mol. The van der Waals surface area contributed by atoms with Gasteiger partial charge in [0.15, 0.2) is 0 Å². The first-order chi connectivity index (χ1) is 13.4. The molecule has 0 fully saturated rings. The molecule has 0 spiro atoms. The van der Waals surface area contributed by atoms with Gasteiger partial charge in [-0.1, -0.05) is 11.8 Å². The zero-order valence-corrected chi connectivity index (χ0v) is 16.8. The van der Waals surface area contributed by atoms with Gasteiger partial charge in [0.25, 0.3) is 0 Å². The molecule has 1 aliphatic rings. The Labute approximate surface area is 166 Å². The molecule has 10 heteroatoms. The Hall–Kier alpha value is -2.88. The fraction of sp³-hybridized carbons (Fsp3) is 0.389. The number of amides is 3. The Bertz CT molecular complexity index is 837. The number of ether oxygens (including phenoxy) is 3. The molecule has 150 valence electrons. The van der Waals surface area contributed by atoms with Crippen molar-refractivity contribution >= 4 is 46.1 Å². The molecule has 3 amide bonds. The first-order valence-electron chi connectivity index (χ1n) is 8.38. The summed E-state index contributed by atoms with van der Waals surface area (Å²) in [6, 6.07) is 4.27. The van der Waals surface area contributed by atoms with E-state index < -0.39 is 17.9 Å². The molecule has 1 aromatic carbocycles. The molecule has 0 aliphatic carbocycles. The van der Waals surface area contributed by atoms with Crippen LogP contribution in [0, 0.1) is 5.92 Å². The molecular weight excluding hydrogens is 386 g/mol. The zero-order chi connectivity index (χ0) is 20.7. The maximum absolute atomic E-state index is 12.3. The third kappa shape index (κ3) is 5.32. The maximum Gasteiger partial charge on any atom is 0.367 e. The van der Waals surface area contributed by atoms with E-state index in [2.05, 4.69) is 15.3 Å². The van der Waals surface area contributed by atoms with Gasteiger partial charge in [-0.15, -0.1) is 0 Å². The average Bonchev–Trinajstić information content (AvgIpc) is 2.66. The van der Waals surface area contributed by atoms with E-state index in [1.54, 1.807) is 32.0 Å². The first kappa shape index (κ1) is 21.4. The van der Waals surface area contributed by atoms with Crippen molar-refractivity contribution in [3.63, 3.8) is 0 Å². The molecule has 0 radical (unpaired) electrons. The summed E-state index contributed by atoms with van der Waals surface area (Å²) in [5, 5.41) is 2.91. The van der Waals surface area contributed by atoms with Gasteiger partial charge in [-0.25, -0.2) is 4.79 Å². The van der Waals surface area contributed by atoms with Crippen molar-refractivity contribution in [1.82, 2.24) is 0 Å². The highest BCUT2D eigenvalue weighted by atomic mass is 32.2. The molecule has 1 N–H and O–H groups in total. The van der Waals surface area contributed by atoms with E-state index in [-0.39, 0.29) is 29.0 Å². The molecule has 2 rings (SSSR count). The third-order valence-electron chi connectivity index (χ3n) is 3.70. The van der Waals surface area contributed by atoms with E-state index in [1.807, 2.05) is 0 Å². The van der Waals surface area contributed by atoms with Gasteiger partial charge in [-0.2, -0.15) is 9.98 Å². The molecule has 0 saturated heterocycles. The SMILES string of the molecule is CCOC(=O)C1C(C)=NC(=O)N=C1SCC(=O)Nc1ccc(OC)cc1OC. The number of methoxy groups -OCH3 is 2. The number of esters is 1. The predicted octanol–water partition coefficient (Wildman–Crippen LogP) is 2.55. The number of carbonyl (C=O) groups is 3. The van der Waals surface area contributed by atoms with Crippen LogP contribution in [0.15, 0.2) is 28.2 Å². The summed E-state index contributed by atoms with van der Waals surface area (Å²) in [5.74, 6) is -0.830. The van der Waals surface area contributed by atoms with Crippen LogP contribution in [0.1, 0.15) is 13.8 Å². The van der Waals surface area contributed by atoms with Crippen molar-refractivity contribution in [2.24, 2.45) is 15.9 Å². The molecule has 0 bridgehead atoms. The second kappa shape index (κ2) is 9.88. The Morgan fingerprint density at radius 1 is 1.21 bits per heavy atom. The van der Waals surface area contributed by atoms with Gasteiger partial charge in [0.05, 0.1) is 37.3 Å². The predicted molar refractivity (Wildman–Crippen MR) is 107 cm³/mol. The minimum Gasteiger partial charge on any atom is -0.497 e. The Kier molecular flexibility index (Phi) is 7.56. The number of hydrogen-bond acceptors (Lipinski definition) is 7. The van der Waals surface area contributed by atoms with Crippen LogP contribution in [0.25, 0.3) is 0 Å². The van der Waals surface area contributed by atoms with E-state index in [0.29, 0.717) is 17.2 Å². The quantitative estimate of drug-likeness (QED) is 0.691. The van der Waals surface area contributed by atoms with Crippen LogP contribution in [-0.2, 0) is 14.3 Å². The molecule has 1 aromatic rings. The lowest BCUT2D eigenvalue weighted by Crippen LogP contribution is -2.34. The van der Waals surface area contributed by atoms with E-state index in [0.717, 1.165) is 11.8 Å². The Balaban J connectivity index is 2.06. The molecule has 9 nitrogen and oxygen atoms in total. The van der Waals surface area contributed by atoms with Crippen LogP contribution < -0.4 is 14.8 Å². The van der Waals surface area contributed by atoms with Crippen LogP contribution in [0.3, 0.4) is 0 Å². The van der Waals surface area contributed by atoms with Crippen molar-refractivity contribution in [2.45, 2.75) is 13.8 Å². The minimum atomic E-state index is -0.883. The molecule has 0 saturated carbocycles. The fourth-order valence-corrected chi connectivity index (χ4v) is 3.35. The van der Waals surface area contributed by atoms with Gasteiger partial charge in [-0.05, 0) is 26.0 Å². The largest absolute Gasteiger partial charge is 0.497 e. The maximum atomic E-state index is 12.3. The van der Waals surface area contributed by atoms with Crippen LogP contribution >= 0.6 is 11.8 Å². The number of hydrogen-bond donors (Lipinski definition) is 1. The van der Waals surface area contributed by atoms with Crippen molar-refractivity contribution in [1.29, 1.82) is 0 Å². The number of urea groups is 1. The lowest BCUT2D eigenvalue weighted by molar-refractivity contribution is -0.143. The van der Waals surface area contributed by atoms with Crippen LogP contribution in [-0.4, -0.2) is 55.2 Å². The lowest BCUT2D eigenvalue weighted by atomic mass is 10.1. The Morgan fingerprint density at radius 2 is 1.96 bits per heavy atom. The summed E-state index contributed by atoms with van der Waals surface area (Å²) in [6.45, 7) is 3.42. The van der Waals surface area contributed by atoms with E-state index in [1.165, 1.54) is 14.2 Å². The molecule has 1 unspecified atom stereocenters. The van der Waals surface area contributed by atoms with Gasteiger partial charge < -0.3 is 19.5 Å². The van der Waals surface area contributed by atoms with Crippen molar-refractivity contribution < 1.29 is 28.6 Å². The van der Waals surface area contributed by atoms with Crippen molar-refractivity contribution in [3.8, 4) is 11.5 Å². The smallest absolute Gasteiger partial charge is 0.367 e. The summed E-state index contributed by atoms with van der Waals surface area (Å²) in [6.07, 6.45) is 0. The van der Waals surface area contributed by atoms with Crippen LogP contribution in [0.4, 0.5) is 10.5 Å². The van der Waals surface area contributed by atoms with Crippen LogP contribution in [0.2, 0.25) is 0 Å². The van der Waals surface area contributed by atoms with E-state index in [9.17, 15) is 14.4 Å². The number of nitrogens with one attached hydrogen (secondary N) is 1. The highest BCUT2D eigenvalue weighted by Gasteiger charge is 2.33. The third-order valence-corrected chi connectivity index (χ3v) is 4.73. The number of rotatable bonds is 7. The highest BCUT2D eigenvalue weighted by Crippen LogP contribution is 2.29. The van der Waals surface area contributed by atoms with Gasteiger partial charge in [0, 0.05) is 11.8 Å². The van der Waals surface area contributed by atoms with E-state index in [4.69, 9.17) is 14.2 Å². The molecular formula is C18H21N3O6S. The highest BCUT2D eigenvalue weighted by molar-refractivity contribution is 8.14. The summed E-state index contributed by atoms with van der Waals surface area (Å²) < 4.78 is 15.4.